The van der Waals surface area contributed by atoms with Gasteiger partial charge in [-0.1, -0.05) is 76.9 Å². The minimum absolute atomic E-state index is 0.223. The number of urea groups is 1. The molecule has 0 fully saturated rings. The summed E-state index contributed by atoms with van der Waals surface area (Å²) in [6, 6.07) is -0.531. The molecule has 0 aliphatic rings. The minimum atomic E-state index is -0.531. The molecule has 0 radical (unpaired) electrons. The van der Waals surface area contributed by atoms with Gasteiger partial charge in [-0.3, -0.25) is 0 Å². The summed E-state index contributed by atoms with van der Waals surface area (Å²) in [7, 11) is 0. The molecule has 0 saturated carbocycles. The maximum atomic E-state index is 10.4. The molecule has 0 aromatic rings. The first-order chi connectivity index (χ1) is 11.8. The third kappa shape index (κ3) is 21.0. The average Bonchev–Trinajstić information content (AvgIpc) is 2.56. The third-order valence-corrected chi connectivity index (χ3v) is 4.15. The zero-order valence-corrected chi connectivity index (χ0v) is 15.9. The normalized spacial score (nSPS) is 11.2. The van der Waals surface area contributed by atoms with E-state index in [0.29, 0.717) is 6.61 Å². The van der Waals surface area contributed by atoms with Crippen molar-refractivity contribution in [3.05, 3.63) is 12.2 Å². The van der Waals surface area contributed by atoms with Crippen molar-refractivity contribution < 1.29 is 9.53 Å². The highest BCUT2D eigenvalue weighted by Crippen LogP contribution is 2.09. The third-order valence-electron chi connectivity index (χ3n) is 4.15. The minimum Gasteiger partial charge on any atom is -0.361 e. The summed E-state index contributed by atoms with van der Waals surface area (Å²) in [5.74, 6) is 0. The Kier molecular flexibility index (Phi) is 19.2. The molecule has 4 heteroatoms. The standard InChI is InChI=1S/C20H40N2O2/c1-2-3-4-5-6-7-8-9-10-11-12-13-14-15-16-17-18-24-19-22-20(21)23/h9-10H,2-8,11-19H2,1H3,(H3,21,22,23). The van der Waals surface area contributed by atoms with E-state index in [1.54, 1.807) is 0 Å². The average molecular weight is 341 g/mol. The summed E-state index contributed by atoms with van der Waals surface area (Å²) >= 11 is 0. The summed E-state index contributed by atoms with van der Waals surface area (Å²) in [4.78, 5) is 10.4. The number of ether oxygens (including phenoxy) is 1. The summed E-state index contributed by atoms with van der Waals surface area (Å²) in [5.41, 5.74) is 4.93. The maximum absolute atomic E-state index is 10.4. The van der Waals surface area contributed by atoms with Crippen LogP contribution in [0.2, 0.25) is 0 Å². The first kappa shape index (κ1) is 23.0. The van der Waals surface area contributed by atoms with Crippen molar-refractivity contribution in [3.63, 3.8) is 0 Å². The van der Waals surface area contributed by atoms with Crippen LogP contribution in [-0.2, 0) is 4.74 Å². The van der Waals surface area contributed by atoms with Crippen molar-refractivity contribution in [2.24, 2.45) is 5.73 Å². The summed E-state index contributed by atoms with van der Waals surface area (Å²) in [6.07, 6.45) is 23.0. The molecule has 0 bridgehead atoms. The Bertz CT molecular complexity index is 293. The monoisotopic (exact) mass is 340 g/mol. The van der Waals surface area contributed by atoms with Crippen molar-refractivity contribution >= 4 is 6.03 Å². The molecule has 0 heterocycles. The van der Waals surface area contributed by atoms with Crippen molar-refractivity contribution in [2.75, 3.05) is 13.3 Å². The van der Waals surface area contributed by atoms with E-state index in [9.17, 15) is 4.79 Å². The molecule has 24 heavy (non-hydrogen) atoms. The fraction of sp³-hybridized carbons (Fsp3) is 0.850. The number of unbranched alkanes of at least 4 members (excludes halogenated alkanes) is 12. The molecule has 0 aromatic heterocycles. The van der Waals surface area contributed by atoms with Gasteiger partial charge in [-0.25, -0.2) is 4.79 Å². The molecule has 0 aliphatic carbocycles. The molecule has 0 atom stereocenters. The number of allylic oxidation sites excluding steroid dienone is 2. The van der Waals surface area contributed by atoms with Gasteiger partial charge in [-0.15, -0.1) is 0 Å². The van der Waals surface area contributed by atoms with E-state index in [0.717, 1.165) is 6.42 Å². The summed E-state index contributed by atoms with van der Waals surface area (Å²) < 4.78 is 5.24. The lowest BCUT2D eigenvalue weighted by molar-refractivity contribution is 0.118. The second-order valence-electron chi connectivity index (χ2n) is 6.53. The topological polar surface area (TPSA) is 64.3 Å². The summed E-state index contributed by atoms with van der Waals surface area (Å²) in [6.45, 7) is 3.19. The number of hydrogen-bond acceptors (Lipinski definition) is 2. The van der Waals surface area contributed by atoms with Crippen LogP contribution < -0.4 is 11.1 Å². The molecule has 0 spiro atoms. The zero-order valence-electron chi connectivity index (χ0n) is 15.9. The van der Waals surface area contributed by atoms with Gasteiger partial charge in [0.25, 0.3) is 0 Å². The van der Waals surface area contributed by atoms with Crippen LogP contribution in [0.5, 0.6) is 0 Å². The Morgan fingerprint density at radius 1 is 0.833 bits per heavy atom. The van der Waals surface area contributed by atoms with E-state index in [1.165, 1.54) is 83.5 Å². The van der Waals surface area contributed by atoms with Crippen LogP contribution in [0, 0.1) is 0 Å². The maximum Gasteiger partial charge on any atom is 0.313 e. The SMILES string of the molecule is CCCCCCCCC=CCCCCCCCCOCNC(N)=O. The number of carbonyl (C=O) groups is 1. The fourth-order valence-electron chi connectivity index (χ4n) is 2.65. The highest BCUT2D eigenvalue weighted by Gasteiger charge is 1.93. The lowest BCUT2D eigenvalue weighted by atomic mass is 10.1. The van der Waals surface area contributed by atoms with Crippen LogP contribution in [0.1, 0.15) is 96.8 Å². The molecule has 2 amide bonds. The second kappa shape index (κ2) is 20.0. The number of primary amides is 1. The fourth-order valence-corrected chi connectivity index (χ4v) is 2.65. The Morgan fingerprint density at radius 2 is 1.33 bits per heavy atom. The Morgan fingerprint density at radius 3 is 1.88 bits per heavy atom. The van der Waals surface area contributed by atoms with Gasteiger partial charge in [0.05, 0.1) is 0 Å². The number of carbonyl (C=O) groups excluding carboxylic acids is 1. The lowest BCUT2D eigenvalue weighted by Gasteiger charge is -2.04. The van der Waals surface area contributed by atoms with Crippen LogP contribution in [0.3, 0.4) is 0 Å². The van der Waals surface area contributed by atoms with Crippen LogP contribution in [0.4, 0.5) is 4.79 Å². The highest BCUT2D eigenvalue weighted by molar-refractivity contribution is 5.71. The van der Waals surface area contributed by atoms with Crippen molar-refractivity contribution in [1.82, 2.24) is 5.32 Å². The van der Waals surface area contributed by atoms with Gasteiger partial charge in [0.15, 0.2) is 0 Å². The first-order valence-electron chi connectivity index (χ1n) is 10.0. The van der Waals surface area contributed by atoms with Gasteiger partial charge in [0.2, 0.25) is 0 Å². The molecule has 0 aliphatic heterocycles. The molecule has 0 aromatic carbocycles. The van der Waals surface area contributed by atoms with Crippen LogP contribution in [-0.4, -0.2) is 19.4 Å². The molecular formula is C20H40N2O2. The molecule has 0 saturated heterocycles. The summed E-state index contributed by atoms with van der Waals surface area (Å²) in [5, 5.41) is 2.41. The number of hydrogen-bond donors (Lipinski definition) is 2. The molecule has 3 N–H and O–H groups in total. The van der Waals surface area contributed by atoms with Gasteiger partial charge in [0, 0.05) is 6.61 Å². The highest BCUT2D eigenvalue weighted by atomic mass is 16.5. The van der Waals surface area contributed by atoms with Gasteiger partial charge in [-0.05, 0) is 32.1 Å². The van der Waals surface area contributed by atoms with E-state index in [4.69, 9.17) is 10.5 Å². The number of rotatable bonds is 18. The predicted molar refractivity (Wildman–Crippen MR) is 103 cm³/mol. The van der Waals surface area contributed by atoms with E-state index in [-0.39, 0.29) is 6.73 Å². The lowest BCUT2D eigenvalue weighted by Crippen LogP contribution is -2.31. The van der Waals surface area contributed by atoms with Gasteiger partial charge >= 0.3 is 6.03 Å². The second-order valence-corrected chi connectivity index (χ2v) is 6.53. The van der Waals surface area contributed by atoms with Crippen molar-refractivity contribution in [1.29, 1.82) is 0 Å². The van der Waals surface area contributed by atoms with E-state index in [1.807, 2.05) is 0 Å². The van der Waals surface area contributed by atoms with Crippen LogP contribution >= 0.6 is 0 Å². The molecule has 4 nitrogen and oxygen atoms in total. The number of nitrogens with one attached hydrogen (secondary N) is 1. The predicted octanol–water partition coefficient (Wildman–Crippen LogP) is 5.67. The number of nitrogens with two attached hydrogens (primary N) is 1. The van der Waals surface area contributed by atoms with Crippen LogP contribution in [0.15, 0.2) is 12.2 Å². The molecule has 0 rings (SSSR count). The largest absolute Gasteiger partial charge is 0.361 e. The quantitative estimate of drug-likeness (QED) is 0.192. The Balaban J connectivity index is 3.06. The first-order valence-corrected chi connectivity index (χ1v) is 10.0. The van der Waals surface area contributed by atoms with E-state index >= 15 is 0 Å². The van der Waals surface area contributed by atoms with E-state index < -0.39 is 6.03 Å². The smallest absolute Gasteiger partial charge is 0.313 e. The van der Waals surface area contributed by atoms with Gasteiger partial charge in [0.1, 0.15) is 6.73 Å². The van der Waals surface area contributed by atoms with Crippen molar-refractivity contribution in [3.8, 4) is 0 Å². The van der Waals surface area contributed by atoms with Crippen molar-refractivity contribution in [2.45, 2.75) is 96.8 Å². The Labute approximate surface area is 149 Å². The Hall–Kier alpha value is -1.03. The van der Waals surface area contributed by atoms with Gasteiger partial charge in [-0.2, -0.15) is 0 Å². The molecule has 0 unspecified atom stereocenters. The molecule has 142 valence electrons. The molecular weight excluding hydrogens is 300 g/mol. The number of amides is 2. The van der Waals surface area contributed by atoms with E-state index in [2.05, 4.69) is 24.4 Å². The van der Waals surface area contributed by atoms with Crippen LogP contribution in [0.25, 0.3) is 0 Å². The van der Waals surface area contributed by atoms with Gasteiger partial charge < -0.3 is 15.8 Å². The zero-order chi connectivity index (χ0) is 17.7.